The Hall–Kier alpha value is -1.71. The average molecular weight is 262 g/mol. The molecule has 0 amide bonds. The second kappa shape index (κ2) is 5.11. The minimum atomic E-state index is 0.0695. The van der Waals surface area contributed by atoms with Crippen molar-refractivity contribution in [1.29, 1.82) is 0 Å². The lowest BCUT2D eigenvalue weighted by molar-refractivity contribution is 0.233. The van der Waals surface area contributed by atoms with E-state index < -0.39 is 0 Å². The van der Waals surface area contributed by atoms with Crippen LogP contribution in [0.3, 0.4) is 0 Å². The van der Waals surface area contributed by atoms with E-state index >= 15 is 0 Å². The fourth-order valence-electron chi connectivity index (χ4n) is 2.59. The Bertz CT molecular complexity index is 482. The quantitative estimate of drug-likeness (QED) is 0.371. The molecule has 0 heterocycles. The molecule has 0 atom stereocenters. The number of ether oxygens (including phenoxy) is 1. The Kier molecular flexibility index (Phi) is 3.69. The highest BCUT2D eigenvalue weighted by molar-refractivity contribution is 5.80. The summed E-state index contributed by atoms with van der Waals surface area (Å²) >= 11 is 0. The molecular formula is C15H22N2O2. The first-order valence-corrected chi connectivity index (χ1v) is 6.63. The van der Waals surface area contributed by atoms with Gasteiger partial charge < -0.3 is 15.7 Å². The Morgan fingerprint density at radius 2 is 1.89 bits per heavy atom. The minimum Gasteiger partial charge on any atom is -0.492 e. The molecule has 0 aromatic heterocycles. The fraction of sp³-hybridized carbons (Fsp3) is 0.533. The van der Waals surface area contributed by atoms with Gasteiger partial charge in [-0.1, -0.05) is 22.9 Å². The van der Waals surface area contributed by atoms with Gasteiger partial charge in [0.15, 0.2) is 0 Å². The number of nitrogens with two attached hydrogens (primary N) is 1. The molecule has 3 N–H and O–H groups in total. The molecule has 104 valence electrons. The molecule has 0 radical (unpaired) electrons. The van der Waals surface area contributed by atoms with Crippen LogP contribution in [0.5, 0.6) is 5.75 Å². The van der Waals surface area contributed by atoms with Gasteiger partial charge in [-0.3, -0.25) is 0 Å². The maximum atomic E-state index is 8.65. The van der Waals surface area contributed by atoms with Gasteiger partial charge in [0.1, 0.15) is 11.6 Å². The van der Waals surface area contributed by atoms with Crippen molar-refractivity contribution in [2.45, 2.75) is 40.0 Å². The third-order valence-electron chi connectivity index (χ3n) is 3.77. The number of nitrogens with zero attached hydrogens (tertiary/aromatic N) is 1. The lowest BCUT2D eigenvalue weighted by atomic mass is 10.0. The van der Waals surface area contributed by atoms with Crippen LogP contribution in [0.15, 0.2) is 17.3 Å². The van der Waals surface area contributed by atoms with E-state index in [0.717, 1.165) is 29.7 Å². The molecule has 2 rings (SSSR count). The van der Waals surface area contributed by atoms with Crippen molar-refractivity contribution in [3.05, 3.63) is 28.8 Å². The summed E-state index contributed by atoms with van der Waals surface area (Å²) in [6, 6.07) is 4.26. The van der Waals surface area contributed by atoms with Crippen molar-refractivity contribution in [2.75, 3.05) is 6.61 Å². The zero-order chi connectivity index (χ0) is 14.0. The van der Waals surface area contributed by atoms with E-state index in [9.17, 15) is 0 Å². The fourth-order valence-corrected chi connectivity index (χ4v) is 2.59. The Morgan fingerprint density at radius 1 is 1.32 bits per heavy atom. The molecule has 0 unspecified atom stereocenters. The maximum absolute atomic E-state index is 8.65. The standard InChI is InChI=1S/C15H22N2O2/c1-10-6-11(2)14(12(3)7-10)19-9-15(4-5-15)8-13(16)17-18/h6-7,18H,4-5,8-9H2,1-3H3,(H2,16,17). The van der Waals surface area contributed by atoms with Crippen LogP contribution in [0.4, 0.5) is 0 Å². The monoisotopic (exact) mass is 262 g/mol. The van der Waals surface area contributed by atoms with E-state index in [-0.39, 0.29) is 5.41 Å². The van der Waals surface area contributed by atoms with E-state index in [4.69, 9.17) is 15.7 Å². The summed E-state index contributed by atoms with van der Waals surface area (Å²) in [6.45, 7) is 6.86. The van der Waals surface area contributed by atoms with E-state index in [0.29, 0.717) is 18.9 Å². The molecule has 1 aliphatic rings. The van der Waals surface area contributed by atoms with Crippen LogP contribution in [0.1, 0.15) is 36.0 Å². The molecule has 0 bridgehead atoms. The van der Waals surface area contributed by atoms with Crippen LogP contribution in [-0.4, -0.2) is 17.6 Å². The first kappa shape index (κ1) is 13.7. The van der Waals surface area contributed by atoms with Crippen molar-refractivity contribution in [2.24, 2.45) is 16.3 Å². The first-order chi connectivity index (χ1) is 8.96. The van der Waals surface area contributed by atoms with Gasteiger partial charge in [0.25, 0.3) is 0 Å². The van der Waals surface area contributed by atoms with Gasteiger partial charge in [-0.05, 0) is 44.7 Å². The molecule has 0 saturated heterocycles. The van der Waals surface area contributed by atoms with Gasteiger partial charge in [-0.2, -0.15) is 0 Å². The number of rotatable bonds is 5. The first-order valence-electron chi connectivity index (χ1n) is 6.63. The van der Waals surface area contributed by atoms with Crippen molar-refractivity contribution >= 4 is 5.84 Å². The van der Waals surface area contributed by atoms with Crippen LogP contribution in [0.2, 0.25) is 0 Å². The Morgan fingerprint density at radius 3 is 2.37 bits per heavy atom. The molecule has 1 aromatic carbocycles. The summed E-state index contributed by atoms with van der Waals surface area (Å²) in [5, 5.41) is 11.7. The number of hydrogen-bond acceptors (Lipinski definition) is 3. The van der Waals surface area contributed by atoms with Crippen LogP contribution in [-0.2, 0) is 0 Å². The summed E-state index contributed by atoms with van der Waals surface area (Å²) in [6.07, 6.45) is 2.76. The SMILES string of the molecule is Cc1cc(C)c(OCC2(CC(N)=NO)CC2)c(C)c1. The predicted octanol–water partition coefficient (Wildman–Crippen LogP) is 2.91. The summed E-state index contributed by atoms with van der Waals surface area (Å²) in [7, 11) is 0. The van der Waals surface area contributed by atoms with E-state index in [2.05, 4.69) is 38.1 Å². The van der Waals surface area contributed by atoms with Crippen molar-refractivity contribution < 1.29 is 9.94 Å². The summed E-state index contributed by atoms with van der Waals surface area (Å²) in [4.78, 5) is 0. The van der Waals surface area contributed by atoms with E-state index in [1.165, 1.54) is 5.56 Å². The number of aryl methyl sites for hydroxylation is 3. The topological polar surface area (TPSA) is 67.8 Å². The van der Waals surface area contributed by atoms with Crippen LogP contribution < -0.4 is 10.5 Å². The molecule has 1 aromatic rings. The number of amidine groups is 1. The highest BCUT2D eigenvalue weighted by Gasteiger charge is 2.44. The molecule has 4 nitrogen and oxygen atoms in total. The highest BCUT2D eigenvalue weighted by Crippen LogP contribution is 2.49. The van der Waals surface area contributed by atoms with Gasteiger partial charge in [-0.25, -0.2) is 0 Å². The van der Waals surface area contributed by atoms with Gasteiger partial charge in [0.05, 0.1) is 6.61 Å². The smallest absolute Gasteiger partial charge is 0.139 e. The van der Waals surface area contributed by atoms with Crippen LogP contribution in [0.25, 0.3) is 0 Å². The van der Waals surface area contributed by atoms with E-state index in [1.54, 1.807) is 0 Å². The molecular weight excluding hydrogens is 240 g/mol. The third-order valence-corrected chi connectivity index (χ3v) is 3.77. The molecule has 4 heteroatoms. The largest absolute Gasteiger partial charge is 0.492 e. The van der Waals surface area contributed by atoms with Gasteiger partial charge in [-0.15, -0.1) is 0 Å². The van der Waals surface area contributed by atoms with Crippen LogP contribution >= 0.6 is 0 Å². The molecule has 1 fully saturated rings. The summed E-state index contributed by atoms with van der Waals surface area (Å²) in [5.41, 5.74) is 9.24. The summed E-state index contributed by atoms with van der Waals surface area (Å²) in [5.74, 6) is 1.26. The average Bonchev–Trinajstić information content (AvgIpc) is 3.07. The van der Waals surface area contributed by atoms with E-state index in [1.807, 2.05) is 0 Å². The second-order valence-electron chi connectivity index (χ2n) is 5.78. The highest BCUT2D eigenvalue weighted by atomic mass is 16.5. The Labute approximate surface area is 114 Å². The number of oxime groups is 1. The molecule has 1 aliphatic carbocycles. The van der Waals surface area contributed by atoms with Crippen LogP contribution in [0, 0.1) is 26.2 Å². The van der Waals surface area contributed by atoms with Crippen molar-refractivity contribution in [3.63, 3.8) is 0 Å². The lowest BCUT2D eigenvalue weighted by Crippen LogP contribution is -2.23. The summed E-state index contributed by atoms with van der Waals surface area (Å²) < 4.78 is 6.00. The molecule has 19 heavy (non-hydrogen) atoms. The predicted molar refractivity (Wildman–Crippen MR) is 75.8 cm³/mol. The third kappa shape index (κ3) is 3.19. The number of benzene rings is 1. The minimum absolute atomic E-state index is 0.0695. The zero-order valence-electron chi connectivity index (χ0n) is 11.9. The zero-order valence-corrected chi connectivity index (χ0v) is 11.9. The normalized spacial score (nSPS) is 17.3. The Balaban J connectivity index is 2.04. The van der Waals surface area contributed by atoms with Crippen molar-refractivity contribution in [3.8, 4) is 5.75 Å². The van der Waals surface area contributed by atoms with Gasteiger partial charge >= 0.3 is 0 Å². The molecule has 1 saturated carbocycles. The molecule has 0 aliphatic heterocycles. The van der Waals surface area contributed by atoms with Gasteiger partial charge in [0.2, 0.25) is 0 Å². The van der Waals surface area contributed by atoms with Crippen molar-refractivity contribution in [1.82, 2.24) is 0 Å². The van der Waals surface area contributed by atoms with Gasteiger partial charge in [0, 0.05) is 11.8 Å². The lowest BCUT2D eigenvalue weighted by Gasteiger charge is -2.18. The maximum Gasteiger partial charge on any atom is 0.139 e. The molecule has 0 spiro atoms. The second-order valence-corrected chi connectivity index (χ2v) is 5.78. The number of hydrogen-bond donors (Lipinski definition) is 2.